The number of thioether (sulfide) groups is 1. The summed E-state index contributed by atoms with van der Waals surface area (Å²) in [5.41, 5.74) is 0.998. The predicted octanol–water partition coefficient (Wildman–Crippen LogP) is 6.47. The van der Waals surface area contributed by atoms with Crippen LogP contribution < -0.4 is 4.74 Å². The van der Waals surface area contributed by atoms with Gasteiger partial charge < -0.3 is 9.84 Å². The third-order valence-electron chi connectivity index (χ3n) is 3.89. The Morgan fingerprint density at radius 1 is 1.21 bits per heavy atom. The van der Waals surface area contributed by atoms with Gasteiger partial charge in [0.2, 0.25) is 0 Å². The monoisotopic (exact) mass is 565 g/mol. The molecule has 146 valence electrons. The maximum absolute atomic E-state index is 12.8. The molecule has 0 bridgehead atoms. The summed E-state index contributed by atoms with van der Waals surface area (Å²) in [5.74, 6) is -0.378. The summed E-state index contributed by atoms with van der Waals surface area (Å²) in [6, 6.07) is 6.50. The highest BCUT2D eigenvalue weighted by molar-refractivity contribution is 9.13. The minimum absolute atomic E-state index is 0.0633. The highest BCUT2D eigenvalue weighted by Crippen LogP contribution is 2.43. The van der Waals surface area contributed by atoms with Crippen molar-refractivity contribution in [1.29, 1.82) is 0 Å². The van der Waals surface area contributed by atoms with Gasteiger partial charge >= 0.3 is 0 Å². The van der Waals surface area contributed by atoms with E-state index in [1.165, 1.54) is 13.2 Å². The van der Waals surface area contributed by atoms with Crippen LogP contribution in [0.15, 0.2) is 38.1 Å². The van der Waals surface area contributed by atoms with Crippen molar-refractivity contribution >= 4 is 84.0 Å². The average molecular weight is 568 g/mol. The molecule has 2 aromatic carbocycles. The SMILES string of the molecule is COc1cc(Br)c(Br)c(/C=C2\SC(=O)N(Cc3ccc(Cl)c(Cl)c3)C2=O)c1O. The highest BCUT2D eigenvalue weighted by atomic mass is 79.9. The van der Waals surface area contributed by atoms with Gasteiger partial charge in [0.05, 0.1) is 28.6 Å². The van der Waals surface area contributed by atoms with Crippen LogP contribution in [-0.2, 0) is 11.3 Å². The topological polar surface area (TPSA) is 66.8 Å². The van der Waals surface area contributed by atoms with Crippen molar-refractivity contribution in [3.05, 3.63) is 59.3 Å². The average Bonchev–Trinajstić information content (AvgIpc) is 2.92. The zero-order valence-corrected chi connectivity index (χ0v) is 19.6. The quantitative estimate of drug-likeness (QED) is 0.429. The van der Waals surface area contributed by atoms with Crippen molar-refractivity contribution in [1.82, 2.24) is 4.90 Å². The zero-order chi connectivity index (χ0) is 20.6. The summed E-state index contributed by atoms with van der Waals surface area (Å²) in [4.78, 5) is 26.4. The molecule has 1 fully saturated rings. The van der Waals surface area contributed by atoms with Gasteiger partial charge in [0.15, 0.2) is 11.5 Å². The lowest BCUT2D eigenvalue weighted by Gasteiger charge is -2.13. The molecular weight excluding hydrogens is 557 g/mol. The van der Waals surface area contributed by atoms with Crippen LogP contribution in [0.4, 0.5) is 4.79 Å². The Balaban J connectivity index is 1.93. The number of hydrogen-bond donors (Lipinski definition) is 1. The first-order chi connectivity index (χ1) is 13.2. The van der Waals surface area contributed by atoms with Gasteiger partial charge in [-0.1, -0.05) is 29.3 Å². The second kappa shape index (κ2) is 8.67. The van der Waals surface area contributed by atoms with E-state index in [2.05, 4.69) is 31.9 Å². The van der Waals surface area contributed by atoms with Crippen LogP contribution in [0.5, 0.6) is 11.5 Å². The molecule has 1 N–H and O–H groups in total. The third kappa shape index (κ3) is 4.21. The number of phenolic OH excluding ortho intramolecular Hbond substituents is 1. The minimum Gasteiger partial charge on any atom is -0.504 e. The lowest BCUT2D eigenvalue weighted by Crippen LogP contribution is -2.27. The zero-order valence-electron chi connectivity index (χ0n) is 14.1. The van der Waals surface area contributed by atoms with Crippen LogP contribution in [0.2, 0.25) is 10.0 Å². The highest BCUT2D eigenvalue weighted by Gasteiger charge is 2.35. The number of carbonyl (C=O) groups excluding carboxylic acids is 2. The Morgan fingerprint density at radius 2 is 1.93 bits per heavy atom. The number of rotatable bonds is 4. The van der Waals surface area contributed by atoms with Gasteiger partial charge in [0.25, 0.3) is 11.1 Å². The van der Waals surface area contributed by atoms with Crippen LogP contribution in [0.1, 0.15) is 11.1 Å². The number of hydrogen-bond acceptors (Lipinski definition) is 5. The molecular formula is C18H11Br2Cl2NO4S. The van der Waals surface area contributed by atoms with Crippen molar-refractivity contribution in [2.24, 2.45) is 0 Å². The number of benzene rings is 2. The lowest BCUT2D eigenvalue weighted by atomic mass is 10.1. The number of halogens is 4. The van der Waals surface area contributed by atoms with E-state index in [0.717, 1.165) is 16.7 Å². The molecule has 1 aliphatic heterocycles. The molecule has 0 spiro atoms. The van der Waals surface area contributed by atoms with E-state index in [9.17, 15) is 14.7 Å². The Bertz CT molecular complexity index is 1030. The lowest BCUT2D eigenvalue weighted by molar-refractivity contribution is -0.123. The van der Waals surface area contributed by atoms with E-state index in [4.69, 9.17) is 27.9 Å². The van der Waals surface area contributed by atoms with Crippen LogP contribution in [0, 0.1) is 0 Å². The van der Waals surface area contributed by atoms with Gasteiger partial charge in [0, 0.05) is 14.5 Å². The molecule has 28 heavy (non-hydrogen) atoms. The molecule has 2 amide bonds. The number of imide groups is 1. The van der Waals surface area contributed by atoms with E-state index in [1.54, 1.807) is 24.3 Å². The van der Waals surface area contributed by atoms with Crippen molar-refractivity contribution in [3.63, 3.8) is 0 Å². The van der Waals surface area contributed by atoms with E-state index < -0.39 is 11.1 Å². The first-order valence-corrected chi connectivity index (χ1v) is 10.8. The summed E-state index contributed by atoms with van der Waals surface area (Å²) in [5, 5.41) is 10.7. The summed E-state index contributed by atoms with van der Waals surface area (Å²) < 4.78 is 6.29. The molecule has 2 aromatic rings. The van der Waals surface area contributed by atoms with Crippen LogP contribution in [0.25, 0.3) is 6.08 Å². The fraction of sp³-hybridized carbons (Fsp3) is 0.111. The van der Waals surface area contributed by atoms with Gasteiger partial charge in [-0.15, -0.1) is 0 Å². The van der Waals surface area contributed by atoms with Gasteiger partial charge in [-0.3, -0.25) is 14.5 Å². The van der Waals surface area contributed by atoms with Crippen LogP contribution in [0.3, 0.4) is 0 Å². The molecule has 3 rings (SSSR count). The Hall–Kier alpha value is -1.19. The van der Waals surface area contributed by atoms with Crippen LogP contribution in [-0.4, -0.2) is 28.3 Å². The summed E-state index contributed by atoms with van der Waals surface area (Å²) in [6.45, 7) is 0.0633. The second-order valence-corrected chi connectivity index (χ2v) is 9.11. The largest absolute Gasteiger partial charge is 0.504 e. The first kappa shape index (κ1) is 21.5. The molecule has 1 saturated heterocycles. The second-order valence-electron chi connectivity index (χ2n) is 5.65. The van der Waals surface area contributed by atoms with Gasteiger partial charge in [0.1, 0.15) is 0 Å². The fourth-order valence-electron chi connectivity index (χ4n) is 2.49. The van der Waals surface area contributed by atoms with Gasteiger partial charge in [-0.05, 0) is 73.5 Å². The van der Waals surface area contributed by atoms with Crippen molar-refractivity contribution < 1.29 is 19.4 Å². The Kier molecular flexibility index (Phi) is 6.66. The maximum atomic E-state index is 12.8. The summed E-state index contributed by atoms with van der Waals surface area (Å²) >= 11 is 19.4. The summed E-state index contributed by atoms with van der Waals surface area (Å²) in [7, 11) is 1.42. The molecule has 1 aliphatic rings. The Morgan fingerprint density at radius 3 is 2.57 bits per heavy atom. The molecule has 0 radical (unpaired) electrons. The molecule has 0 aromatic heterocycles. The van der Waals surface area contributed by atoms with Gasteiger partial charge in [-0.2, -0.15) is 0 Å². The summed E-state index contributed by atoms with van der Waals surface area (Å²) in [6.07, 6.45) is 1.45. The number of aromatic hydroxyl groups is 1. The van der Waals surface area contributed by atoms with E-state index >= 15 is 0 Å². The van der Waals surface area contributed by atoms with E-state index in [0.29, 0.717) is 30.1 Å². The number of nitrogens with zero attached hydrogens (tertiary/aromatic N) is 1. The number of amides is 2. The smallest absolute Gasteiger partial charge is 0.293 e. The number of methoxy groups -OCH3 is 1. The number of carbonyl (C=O) groups is 2. The van der Waals surface area contributed by atoms with Crippen LogP contribution >= 0.6 is 66.8 Å². The standard InChI is InChI=1S/C18H11Br2Cl2NO4S/c1-27-13-6-10(19)15(20)9(16(13)24)5-14-17(25)23(18(26)28-14)7-8-2-3-11(21)12(22)4-8/h2-6,24H,7H2,1H3/b14-5-. The Labute approximate surface area is 191 Å². The normalized spacial score (nSPS) is 15.6. The molecule has 10 heteroatoms. The predicted molar refractivity (Wildman–Crippen MR) is 118 cm³/mol. The molecule has 0 atom stereocenters. The molecule has 1 heterocycles. The van der Waals surface area contributed by atoms with E-state index in [-0.39, 0.29) is 22.9 Å². The number of phenols is 1. The maximum Gasteiger partial charge on any atom is 0.293 e. The molecule has 5 nitrogen and oxygen atoms in total. The molecule has 0 saturated carbocycles. The molecule has 0 aliphatic carbocycles. The van der Waals surface area contributed by atoms with Crippen molar-refractivity contribution in [3.8, 4) is 11.5 Å². The third-order valence-corrected chi connectivity index (χ3v) is 7.54. The van der Waals surface area contributed by atoms with Crippen molar-refractivity contribution in [2.75, 3.05) is 7.11 Å². The number of ether oxygens (including phenoxy) is 1. The first-order valence-electron chi connectivity index (χ1n) is 7.67. The fourth-order valence-corrected chi connectivity index (χ4v) is 4.47. The minimum atomic E-state index is -0.466. The van der Waals surface area contributed by atoms with Gasteiger partial charge in [-0.25, -0.2) is 0 Å². The van der Waals surface area contributed by atoms with Crippen molar-refractivity contribution in [2.45, 2.75) is 6.54 Å². The molecule has 0 unspecified atom stereocenters. The van der Waals surface area contributed by atoms with E-state index in [1.807, 2.05) is 0 Å².